The van der Waals surface area contributed by atoms with Gasteiger partial charge in [0.1, 0.15) is 5.69 Å². The average molecular weight is 405 g/mol. The third-order valence-corrected chi connectivity index (χ3v) is 5.81. The van der Waals surface area contributed by atoms with Crippen LogP contribution in [0.4, 0.5) is 5.69 Å². The molecule has 1 aromatic heterocycles. The van der Waals surface area contributed by atoms with E-state index in [9.17, 15) is 0 Å². The number of rotatable bonds is 7. The second-order valence-corrected chi connectivity index (χ2v) is 8.44. The summed E-state index contributed by atoms with van der Waals surface area (Å²) >= 11 is 0. The predicted octanol–water partition coefficient (Wildman–Crippen LogP) is 6.01. The summed E-state index contributed by atoms with van der Waals surface area (Å²) in [6.45, 7) is 11.9. The van der Waals surface area contributed by atoms with Crippen molar-refractivity contribution in [3.63, 3.8) is 0 Å². The lowest BCUT2D eigenvalue weighted by atomic mass is 10.1. The van der Waals surface area contributed by atoms with Crippen molar-refractivity contribution in [2.75, 3.05) is 18.0 Å². The van der Waals surface area contributed by atoms with E-state index >= 15 is 0 Å². The van der Waals surface area contributed by atoms with Crippen LogP contribution in [0.2, 0.25) is 0 Å². The number of benzene rings is 2. The molecule has 1 aliphatic rings. The van der Waals surface area contributed by atoms with Gasteiger partial charge in [-0.05, 0) is 42.4 Å². The second kappa shape index (κ2) is 11.0. The maximum absolute atomic E-state index is 4.33. The molecule has 160 valence electrons. The number of hydrogen-bond donors (Lipinski definition) is 0. The van der Waals surface area contributed by atoms with Gasteiger partial charge in [0, 0.05) is 30.9 Å². The molecule has 0 bridgehead atoms. The van der Waals surface area contributed by atoms with Gasteiger partial charge in [-0.2, -0.15) is 0 Å². The van der Waals surface area contributed by atoms with Crippen molar-refractivity contribution < 1.29 is 0 Å². The number of nitrogens with zero attached hydrogens (tertiary/aromatic N) is 4. The molecular weight excluding hydrogens is 368 g/mol. The van der Waals surface area contributed by atoms with E-state index in [1.807, 2.05) is 4.68 Å². The van der Waals surface area contributed by atoms with Gasteiger partial charge in [0.2, 0.25) is 0 Å². The Balaban J connectivity index is 0.000000461. The molecule has 0 spiro atoms. The molecule has 4 nitrogen and oxygen atoms in total. The summed E-state index contributed by atoms with van der Waals surface area (Å²) in [5.41, 5.74) is 6.31. The minimum atomic E-state index is 0.884. The largest absolute Gasteiger partial charge is 0.371 e. The van der Waals surface area contributed by atoms with E-state index in [-0.39, 0.29) is 0 Å². The number of aryl methyl sites for hydroxylation is 2. The van der Waals surface area contributed by atoms with Crippen molar-refractivity contribution in [2.24, 2.45) is 5.92 Å². The highest BCUT2D eigenvalue weighted by Crippen LogP contribution is 2.27. The Morgan fingerprint density at radius 2 is 1.70 bits per heavy atom. The molecule has 0 saturated carbocycles. The Bertz CT molecular complexity index is 895. The molecule has 2 heterocycles. The van der Waals surface area contributed by atoms with Crippen LogP contribution in [0.3, 0.4) is 0 Å². The van der Waals surface area contributed by atoms with Gasteiger partial charge in [0.15, 0.2) is 0 Å². The molecule has 0 atom stereocenters. The number of para-hydroxylation sites is 1. The monoisotopic (exact) mass is 404 g/mol. The van der Waals surface area contributed by atoms with Crippen molar-refractivity contribution >= 4 is 5.69 Å². The molecular formula is C26H36N4. The molecule has 0 radical (unpaired) electrons. The topological polar surface area (TPSA) is 34.0 Å². The lowest BCUT2D eigenvalue weighted by Crippen LogP contribution is -2.22. The zero-order chi connectivity index (χ0) is 21.3. The Kier molecular flexibility index (Phi) is 8.06. The molecule has 1 aliphatic heterocycles. The van der Waals surface area contributed by atoms with E-state index in [4.69, 9.17) is 0 Å². The van der Waals surface area contributed by atoms with E-state index in [0.717, 1.165) is 56.1 Å². The highest BCUT2D eigenvalue weighted by atomic mass is 15.4. The van der Waals surface area contributed by atoms with Gasteiger partial charge < -0.3 is 4.90 Å². The first-order valence-corrected chi connectivity index (χ1v) is 11.4. The van der Waals surface area contributed by atoms with Crippen molar-refractivity contribution in [1.29, 1.82) is 0 Å². The van der Waals surface area contributed by atoms with Crippen LogP contribution in [0.25, 0.3) is 11.3 Å². The normalized spacial score (nSPS) is 12.6. The third-order valence-electron chi connectivity index (χ3n) is 5.81. The van der Waals surface area contributed by atoms with Crippen molar-refractivity contribution in [3.05, 3.63) is 65.9 Å². The number of fused-ring (bicyclic) bond motifs is 1. The standard InChI is InChI=1S/C21H24N4.C5H12/c1-2-17-8-10-18(11-9-17)20-16-25(23-22-20)14-5-13-24-15-12-19-6-3-4-7-21(19)24;1-4-5(2)3/h3-4,6-11,16H,2,5,12-15H2,1H3;5H,4H2,1-3H3. The van der Waals surface area contributed by atoms with Gasteiger partial charge in [0.05, 0.1) is 6.20 Å². The molecule has 0 saturated heterocycles. The predicted molar refractivity (Wildman–Crippen MR) is 127 cm³/mol. The second-order valence-electron chi connectivity index (χ2n) is 8.44. The minimum absolute atomic E-state index is 0.884. The fraction of sp³-hybridized carbons (Fsp3) is 0.462. The fourth-order valence-electron chi connectivity index (χ4n) is 3.51. The Labute approximate surface area is 181 Å². The molecule has 0 unspecified atom stereocenters. The first-order valence-electron chi connectivity index (χ1n) is 11.4. The molecule has 2 aromatic carbocycles. The minimum Gasteiger partial charge on any atom is -0.371 e. The van der Waals surface area contributed by atoms with Gasteiger partial charge in [0.25, 0.3) is 0 Å². The van der Waals surface area contributed by atoms with E-state index in [1.54, 1.807) is 0 Å². The molecule has 0 fully saturated rings. The maximum atomic E-state index is 4.33. The lowest BCUT2D eigenvalue weighted by molar-refractivity contribution is 0.555. The summed E-state index contributed by atoms with van der Waals surface area (Å²) < 4.78 is 1.96. The smallest absolute Gasteiger partial charge is 0.113 e. The summed E-state index contributed by atoms with van der Waals surface area (Å²) in [6.07, 6.45) is 6.66. The lowest BCUT2D eigenvalue weighted by Gasteiger charge is -2.19. The van der Waals surface area contributed by atoms with E-state index in [2.05, 4.69) is 97.6 Å². The van der Waals surface area contributed by atoms with E-state index < -0.39 is 0 Å². The van der Waals surface area contributed by atoms with Crippen LogP contribution in [-0.2, 0) is 19.4 Å². The quantitative estimate of drug-likeness (QED) is 0.483. The van der Waals surface area contributed by atoms with Gasteiger partial charge in [-0.15, -0.1) is 5.10 Å². The van der Waals surface area contributed by atoms with Crippen LogP contribution < -0.4 is 4.90 Å². The summed E-state index contributed by atoms with van der Waals surface area (Å²) in [5, 5.41) is 8.62. The van der Waals surface area contributed by atoms with Crippen LogP contribution in [0.1, 0.15) is 51.7 Å². The van der Waals surface area contributed by atoms with Crippen LogP contribution in [-0.4, -0.2) is 28.1 Å². The Morgan fingerprint density at radius 1 is 0.967 bits per heavy atom. The van der Waals surface area contributed by atoms with E-state index in [1.165, 1.54) is 23.2 Å². The zero-order valence-electron chi connectivity index (χ0n) is 19.0. The number of hydrogen-bond acceptors (Lipinski definition) is 3. The molecule has 4 rings (SSSR count). The van der Waals surface area contributed by atoms with Crippen LogP contribution in [0.5, 0.6) is 0 Å². The highest BCUT2D eigenvalue weighted by Gasteiger charge is 2.17. The molecule has 0 aliphatic carbocycles. The number of anilines is 1. The summed E-state index contributed by atoms with van der Waals surface area (Å²) in [4.78, 5) is 2.48. The third kappa shape index (κ3) is 5.94. The summed E-state index contributed by atoms with van der Waals surface area (Å²) in [6, 6.07) is 17.3. The van der Waals surface area contributed by atoms with Crippen LogP contribution in [0, 0.1) is 5.92 Å². The Hall–Kier alpha value is -2.62. The molecule has 3 aromatic rings. The summed E-state index contributed by atoms with van der Waals surface area (Å²) in [5.74, 6) is 0.884. The maximum Gasteiger partial charge on any atom is 0.113 e. The SMILES string of the molecule is CCC(C)C.CCc1ccc(-c2cn(CCCN3CCc4ccccc43)nn2)cc1. The molecule has 0 amide bonds. The van der Waals surface area contributed by atoms with E-state index in [0.29, 0.717) is 0 Å². The summed E-state index contributed by atoms with van der Waals surface area (Å²) in [7, 11) is 0. The van der Waals surface area contributed by atoms with Crippen molar-refractivity contribution in [2.45, 2.75) is 59.9 Å². The van der Waals surface area contributed by atoms with Gasteiger partial charge >= 0.3 is 0 Å². The average Bonchev–Trinajstić information content (AvgIpc) is 3.42. The molecule has 4 heteroatoms. The van der Waals surface area contributed by atoms with Gasteiger partial charge in [-0.3, -0.25) is 4.68 Å². The van der Waals surface area contributed by atoms with Crippen LogP contribution in [0.15, 0.2) is 54.7 Å². The van der Waals surface area contributed by atoms with Gasteiger partial charge in [-0.1, -0.05) is 81.8 Å². The van der Waals surface area contributed by atoms with Crippen LogP contribution >= 0.6 is 0 Å². The first kappa shape index (κ1) is 22.1. The number of aromatic nitrogens is 3. The van der Waals surface area contributed by atoms with Gasteiger partial charge in [-0.25, -0.2) is 0 Å². The zero-order valence-corrected chi connectivity index (χ0v) is 19.0. The molecule has 0 N–H and O–H groups in total. The fourth-order valence-corrected chi connectivity index (χ4v) is 3.51. The first-order chi connectivity index (χ1) is 14.6. The molecule has 30 heavy (non-hydrogen) atoms. The van der Waals surface area contributed by atoms with Crippen molar-refractivity contribution in [1.82, 2.24) is 15.0 Å². The Morgan fingerprint density at radius 3 is 2.40 bits per heavy atom. The highest BCUT2D eigenvalue weighted by molar-refractivity contribution is 5.58. The van der Waals surface area contributed by atoms with Crippen molar-refractivity contribution in [3.8, 4) is 11.3 Å².